The van der Waals surface area contributed by atoms with Crippen molar-refractivity contribution in [2.24, 2.45) is 0 Å². The monoisotopic (exact) mass is 431 g/mol. The van der Waals surface area contributed by atoms with Gasteiger partial charge in [-0.05, 0) is 43.0 Å². The van der Waals surface area contributed by atoms with Crippen molar-refractivity contribution in [2.45, 2.75) is 45.6 Å². The number of hydrogen-bond acceptors (Lipinski definition) is 3. The second-order valence-corrected chi connectivity index (χ2v) is 8.32. The normalized spacial score (nSPS) is 14.2. The van der Waals surface area contributed by atoms with Crippen LogP contribution >= 0.6 is 0 Å². The molecular formula is C26H29N3O3. The first-order valence-electron chi connectivity index (χ1n) is 11.4. The first-order valence-corrected chi connectivity index (χ1v) is 11.4. The topological polar surface area (TPSA) is 71.4 Å². The number of carbonyl (C=O) groups excluding carboxylic acids is 3. The number of amides is 2. The summed E-state index contributed by atoms with van der Waals surface area (Å²) in [6, 6.07) is 14.9. The highest BCUT2D eigenvalue weighted by Gasteiger charge is 2.23. The molecule has 0 saturated carbocycles. The number of nitrogens with one attached hydrogen (secondary N) is 1. The molecule has 2 amide bonds. The van der Waals surface area contributed by atoms with Gasteiger partial charge in [0.1, 0.15) is 6.54 Å². The number of Topliss-reactive ketones (excluding diaryl/α,β-unsaturated/α-hetero) is 1. The van der Waals surface area contributed by atoms with E-state index in [0.29, 0.717) is 16.6 Å². The Morgan fingerprint density at radius 2 is 1.59 bits per heavy atom. The molecular weight excluding hydrogens is 402 g/mol. The van der Waals surface area contributed by atoms with E-state index >= 15 is 0 Å². The number of carbonyl (C=O) groups is 3. The van der Waals surface area contributed by atoms with Gasteiger partial charge in [0.2, 0.25) is 5.91 Å². The molecule has 0 aliphatic carbocycles. The van der Waals surface area contributed by atoms with Gasteiger partial charge in [0, 0.05) is 35.9 Å². The molecule has 1 aromatic heterocycles. The second-order valence-electron chi connectivity index (χ2n) is 8.32. The fourth-order valence-electron chi connectivity index (χ4n) is 4.26. The zero-order valence-electron chi connectivity index (χ0n) is 18.5. The van der Waals surface area contributed by atoms with Crippen molar-refractivity contribution in [2.75, 3.05) is 18.4 Å². The SMILES string of the molecule is CCc1ccc(NC(=O)C(=O)c2cn(CC(=O)N3CCCCCC3)c3ccccc23)cc1. The molecule has 0 bridgehead atoms. The molecule has 166 valence electrons. The summed E-state index contributed by atoms with van der Waals surface area (Å²) >= 11 is 0. The highest BCUT2D eigenvalue weighted by Crippen LogP contribution is 2.23. The predicted molar refractivity (Wildman–Crippen MR) is 126 cm³/mol. The van der Waals surface area contributed by atoms with Crippen molar-refractivity contribution in [3.05, 3.63) is 65.9 Å². The second kappa shape index (κ2) is 9.81. The minimum atomic E-state index is -0.684. The Morgan fingerprint density at radius 1 is 0.906 bits per heavy atom. The van der Waals surface area contributed by atoms with Crippen molar-refractivity contribution in [3.63, 3.8) is 0 Å². The Bertz CT molecular complexity index is 1120. The first kappa shape index (κ1) is 21.8. The molecule has 0 atom stereocenters. The van der Waals surface area contributed by atoms with Crippen molar-refractivity contribution >= 4 is 34.2 Å². The molecule has 2 heterocycles. The van der Waals surface area contributed by atoms with Gasteiger partial charge < -0.3 is 14.8 Å². The molecule has 0 spiro atoms. The molecule has 1 N–H and O–H groups in total. The van der Waals surface area contributed by atoms with Crippen LogP contribution in [-0.4, -0.2) is 40.2 Å². The number of ketones is 1. The maximum absolute atomic E-state index is 13.0. The molecule has 6 heteroatoms. The van der Waals surface area contributed by atoms with Crippen LogP contribution in [0.4, 0.5) is 5.69 Å². The number of benzene rings is 2. The molecule has 1 fully saturated rings. The van der Waals surface area contributed by atoms with E-state index in [9.17, 15) is 14.4 Å². The van der Waals surface area contributed by atoms with E-state index < -0.39 is 11.7 Å². The van der Waals surface area contributed by atoms with Gasteiger partial charge in [0.05, 0.1) is 5.56 Å². The van der Waals surface area contributed by atoms with Crippen LogP contribution in [0.25, 0.3) is 10.9 Å². The lowest BCUT2D eigenvalue weighted by atomic mass is 10.1. The van der Waals surface area contributed by atoms with E-state index in [4.69, 9.17) is 0 Å². The summed E-state index contributed by atoms with van der Waals surface area (Å²) in [5.41, 5.74) is 2.83. The van der Waals surface area contributed by atoms with E-state index in [1.165, 1.54) is 0 Å². The number of aromatic nitrogens is 1. The zero-order chi connectivity index (χ0) is 22.5. The predicted octanol–water partition coefficient (Wildman–Crippen LogP) is 4.43. The molecule has 1 saturated heterocycles. The molecule has 0 unspecified atom stereocenters. The average molecular weight is 432 g/mol. The van der Waals surface area contributed by atoms with Crippen molar-refractivity contribution < 1.29 is 14.4 Å². The highest BCUT2D eigenvalue weighted by atomic mass is 16.2. The summed E-state index contributed by atoms with van der Waals surface area (Å²) in [6.07, 6.45) is 6.92. The standard InChI is InChI=1S/C26H29N3O3/c1-2-19-11-13-20(14-12-19)27-26(32)25(31)22-17-29(23-10-6-5-9-21(22)23)18-24(30)28-15-7-3-4-8-16-28/h5-6,9-14,17H,2-4,7-8,15-16,18H2,1H3,(H,27,32). The van der Waals surface area contributed by atoms with Crippen LogP contribution in [0.1, 0.15) is 48.5 Å². The molecule has 2 aromatic carbocycles. The van der Waals surface area contributed by atoms with Gasteiger partial charge in [0.25, 0.3) is 11.7 Å². The third-order valence-corrected chi connectivity index (χ3v) is 6.12. The Balaban J connectivity index is 1.55. The maximum atomic E-state index is 13.0. The minimum absolute atomic E-state index is 0.0483. The molecule has 1 aliphatic rings. The van der Waals surface area contributed by atoms with Crippen LogP contribution in [-0.2, 0) is 22.6 Å². The Kier molecular flexibility index (Phi) is 6.69. The van der Waals surface area contributed by atoms with Gasteiger partial charge in [-0.2, -0.15) is 0 Å². The minimum Gasteiger partial charge on any atom is -0.341 e. The Morgan fingerprint density at radius 3 is 2.28 bits per heavy atom. The van der Waals surface area contributed by atoms with E-state index in [-0.39, 0.29) is 12.5 Å². The van der Waals surface area contributed by atoms with Gasteiger partial charge in [-0.1, -0.05) is 50.1 Å². The average Bonchev–Trinajstić information content (AvgIpc) is 2.98. The van der Waals surface area contributed by atoms with Crippen LogP contribution in [0, 0.1) is 0 Å². The van der Waals surface area contributed by atoms with Gasteiger partial charge in [0.15, 0.2) is 0 Å². The van der Waals surface area contributed by atoms with Crippen LogP contribution in [0.5, 0.6) is 0 Å². The first-order chi connectivity index (χ1) is 15.6. The van der Waals surface area contributed by atoms with Crippen molar-refractivity contribution in [1.82, 2.24) is 9.47 Å². The third kappa shape index (κ3) is 4.74. The molecule has 4 rings (SSSR count). The van der Waals surface area contributed by atoms with E-state index in [2.05, 4.69) is 12.2 Å². The van der Waals surface area contributed by atoms with E-state index in [0.717, 1.165) is 56.3 Å². The number of anilines is 1. The largest absolute Gasteiger partial charge is 0.341 e. The number of hydrogen-bond donors (Lipinski definition) is 1. The summed E-state index contributed by atoms with van der Waals surface area (Å²) in [5.74, 6) is -1.25. The maximum Gasteiger partial charge on any atom is 0.296 e. The van der Waals surface area contributed by atoms with Crippen LogP contribution in [0.3, 0.4) is 0 Å². The molecule has 1 aliphatic heterocycles. The van der Waals surface area contributed by atoms with E-state index in [1.54, 1.807) is 22.9 Å². The van der Waals surface area contributed by atoms with Crippen LogP contribution in [0.15, 0.2) is 54.7 Å². The molecule has 32 heavy (non-hydrogen) atoms. The number of likely N-dealkylation sites (tertiary alicyclic amines) is 1. The van der Waals surface area contributed by atoms with Gasteiger partial charge >= 0.3 is 0 Å². The molecule has 6 nitrogen and oxygen atoms in total. The molecule has 3 aromatic rings. The van der Waals surface area contributed by atoms with Gasteiger partial charge in [-0.25, -0.2) is 0 Å². The van der Waals surface area contributed by atoms with Gasteiger partial charge in [-0.3, -0.25) is 14.4 Å². The summed E-state index contributed by atoms with van der Waals surface area (Å²) in [4.78, 5) is 40.5. The Labute approximate surface area is 188 Å². The number of aryl methyl sites for hydroxylation is 1. The lowest BCUT2D eigenvalue weighted by Crippen LogP contribution is -2.34. The fourth-order valence-corrected chi connectivity index (χ4v) is 4.26. The number of nitrogens with zero attached hydrogens (tertiary/aromatic N) is 2. The number of fused-ring (bicyclic) bond motifs is 1. The summed E-state index contributed by atoms with van der Waals surface area (Å²) in [6.45, 7) is 3.78. The lowest BCUT2D eigenvalue weighted by Gasteiger charge is -2.20. The quantitative estimate of drug-likeness (QED) is 0.464. The van der Waals surface area contributed by atoms with Crippen LogP contribution < -0.4 is 5.32 Å². The van der Waals surface area contributed by atoms with Gasteiger partial charge in [-0.15, -0.1) is 0 Å². The fraction of sp³-hybridized carbons (Fsp3) is 0.346. The summed E-state index contributed by atoms with van der Waals surface area (Å²) in [5, 5.41) is 3.37. The van der Waals surface area contributed by atoms with Crippen molar-refractivity contribution in [1.29, 1.82) is 0 Å². The summed E-state index contributed by atoms with van der Waals surface area (Å²) in [7, 11) is 0. The third-order valence-electron chi connectivity index (χ3n) is 6.12. The smallest absolute Gasteiger partial charge is 0.296 e. The lowest BCUT2D eigenvalue weighted by molar-refractivity contribution is -0.131. The summed E-state index contributed by atoms with van der Waals surface area (Å²) < 4.78 is 1.79. The number of para-hydroxylation sites is 1. The number of rotatable bonds is 6. The molecule has 0 radical (unpaired) electrons. The Hall–Kier alpha value is -3.41. The van der Waals surface area contributed by atoms with E-state index in [1.807, 2.05) is 41.3 Å². The highest BCUT2D eigenvalue weighted by molar-refractivity contribution is 6.48. The van der Waals surface area contributed by atoms with Crippen molar-refractivity contribution in [3.8, 4) is 0 Å². The van der Waals surface area contributed by atoms with Crippen LogP contribution in [0.2, 0.25) is 0 Å². The zero-order valence-corrected chi connectivity index (χ0v) is 18.5.